The fourth-order valence-electron chi connectivity index (χ4n) is 2.00. The summed E-state index contributed by atoms with van der Waals surface area (Å²) in [6.07, 6.45) is 5.20. The van der Waals surface area contributed by atoms with Gasteiger partial charge in [0, 0.05) is 13.7 Å². The highest BCUT2D eigenvalue weighted by atomic mass is 16.5. The molecule has 0 saturated heterocycles. The van der Waals surface area contributed by atoms with E-state index in [-0.39, 0.29) is 0 Å². The first kappa shape index (κ1) is 14.9. The fourth-order valence-corrected chi connectivity index (χ4v) is 2.00. The minimum absolute atomic E-state index is 0.816. The van der Waals surface area contributed by atoms with E-state index >= 15 is 0 Å². The SMILES string of the molecule is CCNCC(CCCCOC)CC(C)C. The largest absolute Gasteiger partial charge is 0.385 e. The number of nitrogens with one attached hydrogen (secondary N) is 1. The average molecular weight is 215 g/mol. The molecule has 15 heavy (non-hydrogen) atoms. The van der Waals surface area contributed by atoms with E-state index in [1.165, 1.54) is 32.2 Å². The fraction of sp³-hybridized carbons (Fsp3) is 1.00. The van der Waals surface area contributed by atoms with E-state index < -0.39 is 0 Å². The number of hydrogen-bond donors (Lipinski definition) is 1. The maximum atomic E-state index is 5.07. The Bertz CT molecular complexity index is 126. The second-order valence-corrected chi connectivity index (χ2v) is 4.79. The number of unbranched alkanes of at least 4 members (excludes halogenated alkanes) is 1. The van der Waals surface area contributed by atoms with Crippen molar-refractivity contribution in [2.45, 2.75) is 46.5 Å². The number of ether oxygens (including phenoxy) is 1. The van der Waals surface area contributed by atoms with Crippen molar-refractivity contribution in [1.82, 2.24) is 5.32 Å². The quantitative estimate of drug-likeness (QED) is 0.565. The predicted molar refractivity (Wildman–Crippen MR) is 67.2 cm³/mol. The van der Waals surface area contributed by atoms with Crippen LogP contribution in [0.5, 0.6) is 0 Å². The van der Waals surface area contributed by atoms with Gasteiger partial charge in [-0.1, -0.05) is 27.2 Å². The number of rotatable bonds is 10. The molecule has 0 aliphatic rings. The summed E-state index contributed by atoms with van der Waals surface area (Å²) >= 11 is 0. The van der Waals surface area contributed by atoms with Crippen LogP contribution < -0.4 is 5.32 Å². The molecule has 0 saturated carbocycles. The highest BCUT2D eigenvalue weighted by Gasteiger charge is 2.09. The van der Waals surface area contributed by atoms with Crippen LogP contribution in [-0.4, -0.2) is 26.8 Å². The lowest BCUT2D eigenvalue weighted by atomic mass is 9.92. The van der Waals surface area contributed by atoms with E-state index in [1.54, 1.807) is 7.11 Å². The van der Waals surface area contributed by atoms with Crippen molar-refractivity contribution in [1.29, 1.82) is 0 Å². The molecule has 0 radical (unpaired) electrons. The van der Waals surface area contributed by atoms with Crippen molar-refractivity contribution in [3.05, 3.63) is 0 Å². The zero-order valence-electron chi connectivity index (χ0n) is 11.0. The van der Waals surface area contributed by atoms with Gasteiger partial charge in [-0.3, -0.25) is 0 Å². The lowest BCUT2D eigenvalue weighted by Crippen LogP contribution is -2.23. The molecule has 0 amide bonds. The molecule has 0 rings (SSSR count). The first-order valence-electron chi connectivity index (χ1n) is 6.40. The molecule has 2 nitrogen and oxygen atoms in total. The average Bonchev–Trinajstić information content (AvgIpc) is 2.19. The summed E-state index contributed by atoms with van der Waals surface area (Å²) in [5.74, 6) is 1.66. The normalized spacial score (nSPS) is 13.4. The van der Waals surface area contributed by atoms with E-state index in [2.05, 4.69) is 26.1 Å². The predicted octanol–water partition coefficient (Wildman–Crippen LogP) is 3.07. The van der Waals surface area contributed by atoms with Gasteiger partial charge in [-0.05, 0) is 44.2 Å². The molecular formula is C13H29NO. The van der Waals surface area contributed by atoms with Crippen molar-refractivity contribution < 1.29 is 4.74 Å². The van der Waals surface area contributed by atoms with E-state index in [0.29, 0.717) is 0 Å². The van der Waals surface area contributed by atoms with Crippen LogP contribution in [0.25, 0.3) is 0 Å². The first-order valence-corrected chi connectivity index (χ1v) is 6.40. The van der Waals surface area contributed by atoms with Crippen molar-refractivity contribution >= 4 is 0 Å². The van der Waals surface area contributed by atoms with Crippen molar-refractivity contribution in [2.24, 2.45) is 11.8 Å². The summed E-state index contributed by atoms with van der Waals surface area (Å²) in [5.41, 5.74) is 0. The third-order valence-electron chi connectivity index (χ3n) is 2.70. The highest BCUT2D eigenvalue weighted by Crippen LogP contribution is 2.17. The van der Waals surface area contributed by atoms with Gasteiger partial charge in [0.2, 0.25) is 0 Å². The van der Waals surface area contributed by atoms with Crippen LogP contribution in [0.15, 0.2) is 0 Å². The van der Waals surface area contributed by atoms with Gasteiger partial charge >= 0.3 is 0 Å². The molecule has 2 heteroatoms. The molecule has 0 bridgehead atoms. The standard InChI is InChI=1S/C13H29NO/c1-5-14-11-13(10-12(2)3)8-6-7-9-15-4/h12-14H,5-11H2,1-4H3. The Kier molecular flexibility index (Phi) is 10.4. The molecule has 1 atom stereocenters. The lowest BCUT2D eigenvalue weighted by Gasteiger charge is -2.19. The molecule has 0 spiro atoms. The Hall–Kier alpha value is -0.0800. The second-order valence-electron chi connectivity index (χ2n) is 4.79. The smallest absolute Gasteiger partial charge is 0.0462 e. The molecule has 1 unspecified atom stereocenters. The summed E-state index contributed by atoms with van der Waals surface area (Å²) < 4.78 is 5.07. The van der Waals surface area contributed by atoms with E-state index in [4.69, 9.17) is 4.74 Å². The topological polar surface area (TPSA) is 21.3 Å². The van der Waals surface area contributed by atoms with Gasteiger partial charge in [-0.25, -0.2) is 0 Å². The van der Waals surface area contributed by atoms with Gasteiger partial charge < -0.3 is 10.1 Å². The van der Waals surface area contributed by atoms with Gasteiger partial charge in [0.05, 0.1) is 0 Å². The van der Waals surface area contributed by atoms with Crippen LogP contribution in [0.1, 0.15) is 46.5 Å². The Morgan fingerprint density at radius 2 is 1.93 bits per heavy atom. The second kappa shape index (κ2) is 10.4. The molecular weight excluding hydrogens is 186 g/mol. The van der Waals surface area contributed by atoms with Gasteiger partial charge in [-0.15, -0.1) is 0 Å². The molecule has 1 N–H and O–H groups in total. The molecule has 0 aromatic rings. The minimum atomic E-state index is 0.816. The zero-order chi connectivity index (χ0) is 11.5. The van der Waals surface area contributed by atoms with Crippen LogP contribution in [0, 0.1) is 11.8 Å². The van der Waals surface area contributed by atoms with Crippen LogP contribution in [-0.2, 0) is 4.74 Å². The molecule has 0 aliphatic carbocycles. The molecule has 92 valence electrons. The highest BCUT2D eigenvalue weighted by molar-refractivity contribution is 4.64. The first-order chi connectivity index (χ1) is 7.20. The van der Waals surface area contributed by atoms with Gasteiger partial charge in [0.1, 0.15) is 0 Å². The van der Waals surface area contributed by atoms with Crippen LogP contribution >= 0.6 is 0 Å². The third-order valence-corrected chi connectivity index (χ3v) is 2.70. The monoisotopic (exact) mass is 215 g/mol. The van der Waals surface area contributed by atoms with Gasteiger partial charge in [0.15, 0.2) is 0 Å². The molecule has 0 aliphatic heterocycles. The summed E-state index contributed by atoms with van der Waals surface area (Å²) in [7, 11) is 1.78. The van der Waals surface area contributed by atoms with Crippen LogP contribution in [0.2, 0.25) is 0 Å². The summed E-state index contributed by atoms with van der Waals surface area (Å²) in [6.45, 7) is 9.99. The molecule has 0 aromatic heterocycles. The molecule has 0 aromatic carbocycles. The number of hydrogen-bond acceptors (Lipinski definition) is 2. The summed E-state index contributed by atoms with van der Waals surface area (Å²) in [4.78, 5) is 0. The van der Waals surface area contributed by atoms with Crippen LogP contribution in [0.4, 0.5) is 0 Å². The van der Waals surface area contributed by atoms with E-state index in [9.17, 15) is 0 Å². The van der Waals surface area contributed by atoms with Crippen molar-refractivity contribution in [3.8, 4) is 0 Å². The van der Waals surface area contributed by atoms with Gasteiger partial charge in [0.25, 0.3) is 0 Å². The summed E-state index contributed by atoms with van der Waals surface area (Å²) in [6, 6.07) is 0. The maximum Gasteiger partial charge on any atom is 0.0462 e. The van der Waals surface area contributed by atoms with Crippen molar-refractivity contribution in [2.75, 3.05) is 26.8 Å². The van der Waals surface area contributed by atoms with E-state index in [1.807, 2.05) is 0 Å². The number of methoxy groups -OCH3 is 1. The maximum absolute atomic E-state index is 5.07. The van der Waals surface area contributed by atoms with E-state index in [0.717, 1.165) is 25.0 Å². The Morgan fingerprint density at radius 1 is 1.20 bits per heavy atom. The minimum Gasteiger partial charge on any atom is -0.385 e. The summed E-state index contributed by atoms with van der Waals surface area (Å²) in [5, 5.41) is 3.46. The third kappa shape index (κ3) is 10.2. The zero-order valence-corrected chi connectivity index (χ0v) is 11.0. The Labute approximate surface area is 95.8 Å². The van der Waals surface area contributed by atoms with Crippen molar-refractivity contribution in [3.63, 3.8) is 0 Å². The molecule has 0 fully saturated rings. The Balaban J connectivity index is 3.59. The Morgan fingerprint density at radius 3 is 2.47 bits per heavy atom. The lowest BCUT2D eigenvalue weighted by molar-refractivity contribution is 0.189. The molecule has 0 heterocycles. The van der Waals surface area contributed by atoms with Crippen LogP contribution in [0.3, 0.4) is 0 Å². The van der Waals surface area contributed by atoms with Gasteiger partial charge in [-0.2, -0.15) is 0 Å².